The molecule has 0 saturated heterocycles. The van der Waals surface area contributed by atoms with E-state index in [-0.39, 0.29) is 5.84 Å². The van der Waals surface area contributed by atoms with Gasteiger partial charge in [0.05, 0.1) is 13.2 Å². The Hall–Kier alpha value is -0.320. The number of ether oxygens (including phenoxy) is 1. The van der Waals surface area contributed by atoms with E-state index in [1.807, 2.05) is 0 Å². The van der Waals surface area contributed by atoms with Gasteiger partial charge in [0, 0.05) is 11.3 Å². The van der Waals surface area contributed by atoms with Crippen molar-refractivity contribution in [1.82, 2.24) is 5.48 Å². The topological polar surface area (TPSA) is 65.3 Å². The van der Waals surface area contributed by atoms with Crippen molar-refractivity contribution in [1.29, 1.82) is 5.41 Å². The fraction of sp³-hybridized carbons (Fsp3) is 0.857. The van der Waals surface area contributed by atoms with E-state index in [1.54, 1.807) is 19.3 Å². The van der Waals surface area contributed by atoms with E-state index in [4.69, 9.17) is 27.0 Å². The Morgan fingerprint density at radius 1 is 1.67 bits per heavy atom. The summed E-state index contributed by atoms with van der Waals surface area (Å²) in [7, 11) is 0. The molecule has 0 aliphatic heterocycles. The van der Waals surface area contributed by atoms with Crippen LogP contribution in [0.15, 0.2) is 0 Å². The Morgan fingerprint density at radius 3 is 2.67 bits per heavy atom. The lowest BCUT2D eigenvalue weighted by atomic mass is 9.93. The highest BCUT2D eigenvalue weighted by Gasteiger charge is 2.23. The first-order chi connectivity index (χ1) is 5.54. The minimum absolute atomic E-state index is 0.0390. The number of halogens is 1. The van der Waals surface area contributed by atoms with Gasteiger partial charge in [-0.3, -0.25) is 16.1 Å². The smallest absolute Gasteiger partial charge is 0.125 e. The molecule has 0 aliphatic carbocycles. The maximum atomic E-state index is 8.47. The Morgan fingerprint density at radius 2 is 2.25 bits per heavy atom. The molecular weight excluding hydrogens is 180 g/mol. The zero-order valence-electron chi connectivity index (χ0n) is 7.35. The first-order valence-corrected chi connectivity index (χ1v) is 4.21. The van der Waals surface area contributed by atoms with Gasteiger partial charge in [-0.25, -0.2) is 0 Å². The maximum Gasteiger partial charge on any atom is 0.125 e. The summed E-state index contributed by atoms with van der Waals surface area (Å²) in [5.41, 5.74) is 1.30. The Bertz CT molecular complexity index is 150. The molecular formula is C7H15ClN2O2. The Labute approximate surface area is 77.3 Å². The molecule has 0 bridgehead atoms. The number of hydrogen-bond acceptors (Lipinski definition) is 3. The van der Waals surface area contributed by atoms with E-state index >= 15 is 0 Å². The SMILES string of the molecule is CC(C)(COCCCl)C(=N)NO. The van der Waals surface area contributed by atoms with Crippen LogP contribution < -0.4 is 5.48 Å². The molecule has 0 amide bonds. The summed E-state index contributed by atoms with van der Waals surface area (Å²) < 4.78 is 5.15. The summed E-state index contributed by atoms with van der Waals surface area (Å²) >= 11 is 5.40. The number of hydroxylamine groups is 1. The van der Waals surface area contributed by atoms with Crippen molar-refractivity contribution in [3.8, 4) is 0 Å². The minimum Gasteiger partial charge on any atom is -0.379 e. The van der Waals surface area contributed by atoms with Gasteiger partial charge in [0.1, 0.15) is 5.84 Å². The quantitative estimate of drug-likeness (QED) is 0.203. The number of amidine groups is 1. The first kappa shape index (κ1) is 11.7. The van der Waals surface area contributed by atoms with E-state index in [1.165, 1.54) is 0 Å². The minimum atomic E-state index is -0.499. The second-order valence-corrected chi connectivity index (χ2v) is 3.49. The molecule has 72 valence electrons. The second-order valence-electron chi connectivity index (χ2n) is 3.11. The normalized spacial score (nSPS) is 11.3. The monoisotopic (exact) mass is 194 g/mol. The molecule has 12 heavy (non-hydrogen) atoms. The summed E-state index contributed by atoms with van der Waals surface area (Å²) in [4.78, 5) is 0. The highest BCUT2D eigenvalue weighted by atomic mass is 35.5. The molecule has 4 nitrogen and oxygen atoms in total. The van der Waals surface area contributed by atoms with Gasteiger partial charge in [-0.15, -0.1) is 11.6 Å². The molecule has 5 heteroatoms. The fourth-order valence-corrected chi connectivity index (χ4v) is 0.714. The lowest BCUT2D eigenvalue weighted by Crippen LogP contribution is -2.37. The molecule has 0 fully saturated rings. The zero-order valence-corrected chi connectivity index (χ0v) is 8.11. The van der Waals surface area contributed by atoms with Crippen molar-refractivity contribution in [2.24, 2.45) is 5.41 Å². The summed E-state index contributed by atoms with van der Waals surface area (Å²) in [5.74, 6) is 0.479. The van der Waals surface area contributed by atoms with Crippen LogP contribution in [0.3, 0.4) is 0 Å². The molecule has 0 aliphatic rings. The molecule has 0 rings (SSSR count). The van der Waals surface area contributed by atoms with Gasteiger partial charge in [-0.2, -0.15) is 0 Å². The molecule has 0 heterocycles. The van der Waals surface area contributed by atoms with E-state index in [0.717, 1.165) is 0 Å². The molecule has 0 unspecified atom stereocenters. The van der Waals surface area contributed by atoms with Crippen LogP contribution >= 0.6 is 11.6 Å². The van der Waals surface area contributed by atoms with Crippen LogP contribution in [0.4, 0.5) is 0 Å². The van der Waals surface area contributed by atoms with Crippen LogP contribution in [0.25, 0.3) is 0 Å². The second kappa shape index (κ2) is 5.35. The van der Waals surface area contributed by atoms with Gasteiger partial charge < -0.3 is 4.74 Å². The third-order valence-electron chi connectivity index (χ3n) is 1.47. The standard InChI is InChI=1S/C7H15ClN2O2/c1-7(2,6(9)10-11)5-12-4-3-8/h11H,3-5H2,1-2H3,(H2,9,10). The summed E-state index contributed by atoms with van der Waals surface area (Å²) in [5, 5.41) is 15.8. The summed E-state index contributed by atoms with van der Waals surface area (Å²) in [6.45, 7) is 4.43. The van der Waals surface area contributed by atoms with Crippen LogP contribution in [-0.4, -0.2) is 30.1 Å². The first-order valence-electron chi connectivity index (χ1n) is 3.67. The van der Waals surface area contributed by atoms with Crippen molar-refractivity contribution < 1.29 is 9.94 Å². The average molecular weight is 195 g/mol. The van der Waals surface area contributed by atoms with E-state index < -0.39 is 5.41 Å². The van der Waals surface area contributed by atoms with Crippen LogP contribution in [0.1, 0.15) is 13.8 Å². The van der Waals surface area contributed by atoms with Crippen LogP contribution in [0.2, 0.25) is 0 Å². The van der Waals surface area contributed by atoms with E-state index in [2.05, 4.69) is 0 Å². The molecule has 3 N–H and O–H groups in total. The van der Waals surface area contributed by atoms with Gasteiger partial charge >= 0.3 is 0 Å². The average Bonchev–Trinajstić information content (AvgIpc) is 2.03. The maximum absolute atomic E-state index is 8.47. The van der Waals surface area contributed by atoms with E-state index in [0.29, 0.717) is 19.1 Å². The van der Waals surface area contributed by atoms with Crippen molar-refractivity contribution in [2.45, 2.75) is 13.8 Å². The van der Waals surface area contributed by atoms with E-state index in [9.17, 15) is 0 Å². The summed E-state index contributed by atoms with van der Waals surface area (Å²) in [6, 6.07) is 0. The molecule has 0 aromatic rings. The van der Waals surface area contributed by atoms with Crippen molar-refractivity contribution in [3.63, 3.8) is 0 Å². The number of rotatable bonds is 5. The molecule has 0 aromatic heterocycles. The zero-order chi connectivity index (χ0) is 9.61. The lowest BCUT2D eigenvalue weighted by molar-refractivity contribution is 0.0944. The van der Waals surface area contributed by atoms with Gasteiger partial charge in [0.15, 0.2) is 0 Å². The van der Waals surface area contributed by atoms with Crippen LogP contribution in [-0.2, 0) is 4.74 Å². The predicted molar refractivity (Wildman–Crippen MR) is 48.0 cm³/mol. The van der Waals surface area contributed by atoms with Crippen LogP contribution in [0.5, 0.6) is 0 Å². The van der Waals surface area contributed by atoms with Gasteiger partial charge in [0.25, 0.3) is 0 Å². The van der Waals surface area contributed by atoms with Crippen molar-refractivity contribution in [3.05, 3.63) is 0 Å². The molecule has 0 radical (unpaired) electrons. The highest BCUT2D eigenvalue weighted by molar-refractivity contribution is 6.17. The molecule has 0 spiro atoms. The van der Waals surface area contributed by atoms with Gasteiger partial charge in [-0.1, -0.05) is 13.8 Å². The van der Waals surface area contributed by atoms with Crippen molar-refractivity contribution in [2.75, 3.05) is 19.1 Å². The fourth-order valence-electron chi connectivity index (χ4n) is 0.605. The number of hydrogen-bond donors (Lipinski definition) is 3. The lowest BCUT2D eigenvalue weighted by Gasteiger charge is -2.23. The van der Waals surface area contributed by atoms with Crippen molar-refractivity contribution >= 4 is 17.4 Å². The number of alkyl halides is 1. The van der Waals surface area contributed by atoms with Crippen LogP contribution in [0, 0.1) is 10.8 Å². The molecule has 0 atom stereocenters. The highest BCUT2D eigenvalue weighted by Crippen LogP contribution is 2.15. The summed E-state index contributed by atoms with van der Waals surface area (Å²) in [6.07, 6.45) is 0. The van der Waals surface area contributed by atoms with Gasteiger partial charge in [-0.05, 0) is 0 Å². The molecule has 0 aromatic carbocycles. The number of nitrogens with one attached hydrogen (secondary N) is 2. The molecule has 0 saturated carbocycles. The van der Waals surface area contributed by atoms with Gasteiger partial charge in [0.2, 0.25) is 0 Å². The Kier molecular flexibility index (Phi) is 5.20. The Balaban J connectivity index is 3.78. The predicted octanol–water partition coefficient (Wildman–Crippen LogP) is 1.22. The third kappa shape index (κ3) is 3.90. The third-order valence-corrected chi connectivity index (χ3v) is 1.63. The largest absolute Gasteiger partial charge is 0.379 e.